The maximum absolute atomic E-state index is 6.34. The van der Waals surface area contributed by atoms with Crippen molar-refractivity contribution in [3.8, 4) is 0 Å². The van der Waals surface area contributed by atoms with Crippen molar-refractivity contribution in [2.24, 2.45) is 0 Å². The van der Waals surface area contributed by atoms with Crippen molar-refractivity contribution in [1.82, 2.24) is 10.1 Å². The van der Waals surface area contributed by atoms with E-state index in [-0.39, 0.29) is 0 Å². The Balaban J connectivity index is 1.55. The third kappa shape index (κ3) is 2.81. The average Bonchev–Trinajstić information content (AvgIpc) is 3.27. The number of aryl methyl sites for hydroxylation is 2. The molecule has 2 aromatic carbocycles. The molecule has 0 amide bonds. The highest BCUT2D eigenvalue weighted by atomic mass is 16.5. The molecule has 0 saturated heterocycles. The number of nitrogens with one attached hydrogen (secondary N) is 1. The highest BCUT2D eigenvalue weighted by Crippen LogP contribution is 2.40. The van der Waals surface area contributed by atoms with Gasteiger partial charge in [-0.05, 0) is 55.2 Å². The van der Waals surface area contributed by atoms with Crippen LogP contribution in [0.2, 0.25) is 0 Å². The van der Waals surface area contributed by atoms with Crippen LogP contribution in [0.15, 0.2) is 59.1 Å². The van der Waals surface area contributed by atoms with Crippen molar-refractivity contribution in [2.75, 3.05) is 11.1 Å². The third-order valence-corrected chi connectivity index (χ3v) is 5.28. The number of nitrogens with zero attached hydrogens (tertiary/aromatic N) is 2. The zero-order chi connectivity index (χ0) is 18.4. The summed E-state index contributed by atoms with van der Waals surface area (Å²) >= 11 is 0. The lowest BCUT2D eigenvalue weighted by molar-refractivity contribution is 0.400. The van der Waals surface area contributed by atoms with Crippen LogP contribution in [0.3, 0.4) is 0 Å². The monoisotopic (exact) mass is 356 g/mol. The topological polar surface area (TPSA) is 77.0 Å². The normalized spacial score (nSPS) is 15.8. The number of nitrogen functional groups attached to an aromatic ring is 1. The molecule has 2 aromatic heterocycles. The number of anilines is 3. The van der Waals surface area contributed by atoms with E-state index in [1.807, 2.05) is 25.1 Å². The van der Waals surface area contributed by atoms with Crippen LogP contribution in [0.1, 0.15) is 34.8 Å². The Kier molecular flexibility index (Phi) is 3.60. The summed E-state index contributed by atoms with van der Waals surface area (Å²) in [7, 11) is 0. The van der Waals surface area contributed by atoms with E-state index in [1.165, 1.54) is 11.1 Å². The molecule has 0 saturated carbocycles. The van der Waals surface area contributed by atoms with Gasteiger partial charge in [0.05, 0.1) is 5.52 Å². The lowest BCUT2D eigenvalue weighted by Crippen LogP contribution is -2.04. The van der Waals surface area contributed by atoms with Crippen LogP contribution in [0.4, 0.5) is 17.3 Å². The molecule has 1 atom stereocenters. The van der Waals surface area contributed by atoms with E-state index in [4.69, 9.17) is 10.3 Å². The summed E-state index contributed by atoms with van der Waals surface area (Å²) in [6.45, 7) is 1.87. The maximum Gasteiger partial charge on any atom is 0.174 e. The first kappa shape index (κ1) is 15.9. The van der Waals surface area contributed by atoms with Gasteiger partial charge in [-0.2, -0.15) is 0 Å². The van der Waals surface area contributed by atoms with E-state index in [2.05, 4.69) is 51.9 Å². The molecule has 27 heavy (non-hydrogen) atoms. The largest absolute Gasteiger partial charge is 0.383 e. The van der Waals surface area contributed by atoms with E-state index in [1.54, 1.807) is 0 Å². The van der Waals surface area contributed by atoms with Crippen molar-refractivity contribution in [1.29, 1.82) is 0 Å². The minimum atomic E-state index is 0.313. The van der Waals surface area contributed by atoms with Crippen LogP contribution >= 0.6 is 0 Å². The van der Waals surface area contributed by atoms with Gasteiger partial charge < -0.3 is 15.6 Å². The molecule has 134 valence electrons. The number of aromatic nitrogens is 2. The molecular weight excluding hydrogens is 336 g/mol. The predicted octanol–water partition coefficient (Wildman–Crippen LogP) is 4.94. The van der Waals surface area contributed by atoms with Crippen molar-refractivity contribution >= 4 is 28.2 Å². The van der Waals surface area contributed by atoms with Crippen molar-refractivity contribution in [3.63, 3.8) is 0 Å². The second-order valence-corrected chi connectivity index (χ2v) is 7.11. The van der Waals surface area contributed by atoms with Gasteiger partial charge in [0, 0.05) is 28.6 Å². The number of nitrogens with two attached hydrogens (primary N) is 1. The van der Waals surface area contributed by atoms with Crippen LogP contribution in [0.5, 0.6) is 0 Å². The van der Waals surface area contributed by atoms with Gasteiger partial charge in [0.2, 0.25) is 0 Å². The van der Waals surface area contributed by atoms with Gasteiger partial charge >= 0.3 is 0 Å². The Morgan fingerprint density at radius 2 is 1.96 bits per heavy atom. The zero-order valence-electron chi connectivity index (χ0n) is 15.1. The SMILES string of the molecule is Cc1cc(Nc2ccc3nc(N)c([C@@H]4CCc5ccccc54)cc3c2)no1. The van der Waals surface area contributed by atoms with E-state index in [0.29, 0.717) is 17.6 Å². The zero-order valence-corrected chi connectivity index (χ0v) is 15.1. The molecule has 4 aromatic rings. The molecule has 3 N–H and O–H groups in total. The van der Waals surface area contributed by atoms with Crippen LogP contribution in [0, 0.1) is 6.92 Å². The van der Waals surface area contributed by atoms with E-state index in [0.717, 1.165) is 40.8 Å². The highest BCUT2D eigenvalue weighted by molar-refractivity contribution is 5.86. The molecule has 2 heterocycles. The first-order valence-corrected chi connectivity index (χ1v) is 9.16. The molecule has 1 aliphatic carbocycles. The molecule has 5 rings (SSSR count). The van der Waals surface area contributed by atoms with E-state index >= 15 is 0 Å². The Morgan fingerprint density at radius 1 is 1.07 bits per heavy atom. The van der Waals surface area contributed by atoms with Crippen LogP contribution in [0.25, 0.3) is 10.9 Å². The minimum absolute atomic E-state index is 0.313. The fraction of sp³-hybridized carbons (Fsp3) is 0.182. The number of pyridine rings is 1. The summed E-state index contributed by atoms with van der Waals surface area (Å²) in [4.78, 5) is 4.66. The van der Waals surface area contributed by atoms with Crippen LogP contribution in [-0.4, -0.2) is 10.1 Å². The second kappa shape index (κ2) is 6.13. The van der Waals surface area contributed by atoms with Gasteiger partial charge in [0.25, 0.3) is 0 Å². The summed E-state index contributed by atoms with van der Waals surface area (Å²) < 4.78 is 5.12. The summed E-state index contributed by atoms with van der Waals surface area (Å²) in [6.07, 6.45) is 2.16. The second-order valence-electron chi connectivity index (χ2n) is 7.11. The average molecular weight is 356 g/mol. The molecule has 5 nitrogen and oxygen atoms in total. The van der Waals surface area contributed by atoms with Crippen molar-refractivity contribution in [3.05, 3.63) is 77.0 Å². The Morgan fingerprint density at radius 3 is 2.81 bits per heavy atom. The van der Waals surface area contributed by atoms with Crippen molar-refractivity contribution in [2.45, 2.75) is 25.7 Å². The maximum atomic E-state index is 6.34. The molecule has 0 radical (unpaired) electrons. The summed E-state index contributed by atoms with van der Waals surface area (Å²) in [5, 5.41) is 8.33. The number of fused-ring (bicyclic) bond motifs is 2. The lowest BCUT2D eigenvalue weighted by Gasteiger charge is -2.15. The molecule has 1 aliphatic rings. The van der Waals surface area contributed by atoms with Gasteiger partial charge in [-0.15, -0.1) is 0 Å². The number of hydrogen-bond acceptors (Lipinski definition) is 5. The molecule has 0 fully saturated rings. The van der Waals surface area contributed by atoms with Crippen molar-refractivity contribution < 1.29 is 4.52 Å². The molecule has 0 unspecified atom stereocenters. The Labute approximate surface area is 157 Å². The lowest BCUT2D eigenvalue weighted by atomic mass is 9.92. The van der Waals surface area contributed by atoms with Gasteiger partial charge in [-0.1, -0.05) is 29.4 Å². The first-order chi connectivity index (χ1) is 13.2. The third-order valence-electron chi connectivity index (χ3n) is 5.28. The summed E-state index contributed by atoms with van der Waals surface area (Å²) in [5.41, 5.74) is 12.1. The van der Waals surface area contributed by atoms with E-state index < -0.39 is 0 Å². The van der Waals surface area contributed by atoms with Gasteiger partial charge in [-0.25, -0.2) is 4.98 Å². The Bertz CT molecular complexity index is 1150. The predicted molar refractivity (Wildman–Crippen MR) is 107 cm³/mol. The molecule has 0 aliphatic heterocycles. The highest BCUT2D eigenvalue weighted by Gasteiger charge is 2.25. The van der Waals surface area contributed by atoms with Gasteiger partial charge in [0.1, 0.15) is 11.6 Å². The molecule has 5 heteroatoms. The van der Waals surface area contributed by atoms with Crippen LogP contribution in [-0.2, 0) is 6.42 Å². The number of benzene rings is 2. The quantitative estimate of drug-likeness (QED) is 0.544. The fourth-order valence-electron chi connectivity index (χ4n) is 4.02. The molecule has 0 bridgehead atoms. The first-order valence-electron chi connectivity index (χ1n) is 9.16. The van der Waals surface area contributed by atoms with Gasteiger partial charge in [0.15, 0.2) is 5.82 Å². The summed E-state index contributed by atoms with van der Waals surface area (Å²) in [5.74, 6) is 2.40. The number of hydrogen-bond donors (Lipinski definition) is 2. The fourth-order valence-corrected chi connectivity index (χ4v) is 4.02. The number of rotatable bonds is 3. The Hall–Kier alpha value is -3.34. The van der Waals surface area contributed by atoms with Gasteiger partial charge in [-0.3, -0.25) is 0 Å². The van der Waals surface area contributed by atoms with Crippen LogP contribution < -0.4 is 11.1 Å². The smallest absolute Gasteiger partial charge is 0.174 e. The molecule has 0 spiro atoms. The molecular formula is C22H20N4O. The summed E-state index contributed by atoms with van der Waals surface area (Å²) in [6, 6.07) is 18.7. The standard InChI is InChI=1S/C22H20N4O/c1-13-10-21(26-27-13)24-16-7-9-20-15(11-16)12-19(22(23)25-20)18-8-6-14-4-2-3-5-17(14)18/h2-5,7,9-12,18H,6,8H2,1H3,(H2,23,25)(H,24,26)/t18-/m1/s1. The van der Waals surface area contributed by atoms with E-state index in [9.17, 15) is 0 Å². The minimum Gasteiger partial charge on any atom is -0.383 e.